The van der Waals surface area contributed by atoms with Gasteiger partial charge in [-0.2, -0.15) is 0 Å². The maximum atomic E-state index is 12.5. The first-order chi connectivity index (χ1) is 11.5. The fourth-order valence-corrected chi connectivity index (χ4v) is 3.24. The first-order valence-electron chi connectivity index (χ1n) is 7.16. The summed E-state index contributed by atoms with van der Waals surface area (Å²) in [5, 5.41) is 8.01. The minimum absolute atomic E-state index is 0.230. The molecule has 1 aromatic heterocycles. The minimum Gasteiger partial charge on any atom is -0.347 e. The Hall–Kier alpha value is -1.95. The van der Waals surface area contributed by atoms with Crippen molar-refractivity contribution in [1.82, 2.24) is 14.9 Å². The molecule has 2 aromatic carbocycles. The average Bonchev–Trinajstić information content (AvgIpc) is 3.04. The lowest BCUT2D eigenvalue weighted by molar-refractivity contribution is 0.0955. The lowest BCUT2D eigenvalue weighted by atomic mass is 10.1. The van der Waals surface area contributed by atoms with Gasteiger partial charge in [0.2, 0.25) is 0 Å². The van der Waals surface area contributed by atoms with Gasteiger partial charge in [0.05, 0.1) is 0 Å². The molecule has 0 radical (unpaired) electrons. The van der Waals surface area contributed by atoms with Crippen molar-refractivity contribution in [3.05, 3.63) is 68.5 Å². The predicted molar refractivity (Wildman–Crippen MR) is 97.7 cm³/mol. The Kier molecular flexibility index (Phi) is 5.14. The van der Waals surface area contributed by atoms with Gasteiger partial charge in [-0.3, -0.25) is 4.79 Å². The van der Waals surface area contributed by atoms with E-state index in [4.69, 9.17) is 23.2 Å². The smallest absolute Gasteiger partial charge is 0.265 e. The van der Waals surface area contributed by atoms with Crippen molar-refractivity contribution in [3.8, 4) is 11.3 Å². The Morgan fingerprint density at radius 3 is 2.62 bits per heavy atom. The van der Waals surface area contributed by atoms with Gasteiger partial charge >= 0.3 is 0 Å². The quantitative estimate of drug-likeness (QED) is 0.713. The van der Waals surface area contributed by atoms with Gasteiger partial charge < -0.3 is 5.32 Å². The molecular weight excluding hydrogens is 365 g/mol. The number of hydrogen-bond donors (Lipinski definition) is 1. The van der Waals surface area contributed by atoms with Crippen LogP contribution in [0.25, 0.3) is 11.3 Å². The Balaban J connectivity index is 1.76. The number of nitrogens with one attached hydrogen (secondary N) is 1. The van der Waals surface area contributed by atoms with Gasteiger partial charge in [0, 0.05) is 22.2 Å². The summed E-state index contributed by atoms with van der Waals surface area (Å²) in [6, 6.07) is 13.0. The van der Waals surface area contributed by atoms with Crippen molar-refractivity contribution in [2.75, 3.05) is 0 Å². The highest BCUT2D eigenvalue weighted by molar-refractivity contribution is 7.08. The monoisotopic (exact) mass is 377 g/mol. The molecule has 7 heteroatoms. The van der Waals surface area contributed by atoms with Crippen molar-refractivity contribution in [1.29, 1.82) is 0 Å². The number of aryl methyl sites for hydroxylation is 1. The molecule has 1 amide bonds. The van der Waals surface area contributed by atoms with Gasteiger partial charge in [-0.25, -0.2) is 0 Å². The number of amides is 1. The summed E-state index contributed by atoms with van der Waals surface area (Å²) in [5.41, 5.74) is 3.39. The summed E-state index contributed by atoms with van der Waals surface area (Å²) < 4.78 is 3.91. The molecule has 1 heterocycles. The lowest BCUT2D eigenvalue weighted by Crippen LogP contribution is -2.22. The van der Waals surface area contributed by atoms with Gasteiger partial charge in [-0.15, -0.1) is 5.10 Å². The second-order valence-electron chi connectivity index (χ2n) is 5.24. The third-order valence-corrected chi connectivity index (χ3v) is 4.79. The molecule has 4 nitrogen and oxygen atoms in total. The highest BCUT2D eigenvalue weighted by Gasteiger charge is 2.17. The number of carbonyl (C=O) groups excluding carboxylic acids is 1. The highest BCUT2D eigenvalue weighted by atomic mass is 35.5. The van der Waals surface area contributed by atoms with Crippen LogP contribution in [0.1, 0.15) is 20.8 Å². The summed E-state index contributed by atoms with van der Waals surface area (Å²) in [7, 11) is 0. The first kappa shape index (κ1) is 16.9. The number of benzene rings is 2. The largest absolute Gasteiger partial charge is 0.347 e. The maximum Gasteiger partial charge on any atom is 0.265 e. The van der Waals surface area contributed by atoms with Gasteiger partial charge in [-0.05, 0) is 36.2 Å². The van der Waals surface area contributed by atoms with Crippen LogP contribution >= 0.6 is 34.7 Å². The number of carbonyl (C=O) groups is 1. The zero-order valence-electron chi connectivity index (χ0n) is 12.7. The minimum atomic E-state index is -0.230. The average molecular weight is 378 g/mol. The summed E-state index contributed by atoms with van der Waals surface area (Å²) in [5.74, 6) is -0.230. The van der Waals surface area contributed by atoms with Crippen molar-refractivity contribution < 1.29 is 4.79 Å². The molecule has 24 heavy (non-hydrogen) atoms. The van der Waals surface area contributed by atoms with Crippen molar-refractivity contribution in [3.63, 3.8) is 0 Å². The van der Waals surface area contributed by atoms with Gasteiger partial charge in [-0.1, -0.05) is 63.6 Å². The summed E-state index contributed by atoms with van der Waals surface area (Å²) in [6.45, 7) is 2.31. The number of aromatic nitrogens is 2. The SMILES string of the molecule is Cc1ccc(-c2nnsc2C(=O)NCc2ccc(Cl)cc2Cl)cc1. The Labute approximate surface area is 153 Å². The zero-order chi connectivity index (χ0) is 17.1. The predicted octanol–water partition coefficient (Wildman–Crippen LogP) is 4.75. The van der Waals surface area contributed by atoms with Gasteiger partial charge in [0.15, 0.2) is 0 Å². The van der Waals surface area contributed by atoms with Crippen LogP contribution in [0.4, 0.5) is 0 Å². The summed E-state index contributed by atoms with van der Waals surface area (Å²) >= 11 is 13.1. The van der Waals surface area contributed by atoms with E-state index >= 15 is 0 Å². The Morgan fingerprint density at radius 2 is 1.92 bits per heavy atom. The fourth-order valence-electron chi connectivity index (χ4n) is 2.16. The molecule has 3 aromatic rings. The molecule has 0 saturated carbocycles. The van der Waals surface area contributed by atoms with Crippen LogP contribution in [-0.2, 0) is 6.54 Å². The van der Waals surface area contributed by atoms with E-state index in [9.17, 15) is 4.79 Å². The standard InChI is InChI=1S/C17H13Cl2N3OS/c1-10-2-4-11(5-3-10)15-16(24-22-21-15)17(23)20-9-12-6-7-13(18)8-14(12)19/h2-8H,9H2,1H3,(H,20,23). The van der Waals surface area contributed by atoms with Crippen molar-refractivity contribution in [2.45, 2.75) is 13.5 Å². The molecule has 0 saturated heterocycles. The number of halogens is 2. The topological polar surface area (TPSA) is 54.9 Å². The summed E-state index contributed by atoms with van der Waals surface area (Å²) in [6.07, 6.45) is 0. The van der Waals surface area contributed by atoms with E-state index in [2.05, 4.69) is 14.9 Å². The maximum absolute atomic E-state index is 12.5. The van der Waals surface area contributed by atoms with E-state index in [1.807, 2.05) is 31.2 Å². The number of rotatable bonds is 4. The van der Waals surface area contributed by atoms with E-state index in [0.29, 0.717) is 27.2 Å². The molecule has 3 rings (SSSR count). The fraction of sp³-hybridized carbons (Fsp3) is 0.118. The van der Waals surface area contributed by atoms with Crippen LogP contribution in [0, 0.1) is 6.92 Å². The second kappa shape index (κ2) is 7.30. The van der Waals surface area contributed by atoms with Crippen LogP contribution < -0.4 is 5.32 Å². The molecule has 0 aliphatic carbocycles. The molecular formula is C17H13Cl2N3OS. The van der Waals surface area contributed by atoms with Crippen LogP contribution in [0.3, 0.4) is 0 Å². The molecule has 1 N–H and O–H groups in total. The molecule has 0 aliphatic heterocycles. The van der Waals surface area contributed by atoms with E-state index in [-0.39, 0.29) is 5.91 Å². The first-order valence-corrected chi connectivity index (χ1v) is 8.69. The number of hydrogen-bond acceptors (Lipinski definition) is 4. The normalized spacial score (nSPS) is 10.6. The van der Waals surface area contributed by atoms with Crippen LogP contribution in [0.2, 0.25) is 10.0 Å². The van der Waals surface area contributed by atoms with E-state index in [1.165, 1.54) is 0 Å². The third kappa shape index (κ3) is 3.75. The van der Waals surface area contributed by atoms with Crippen LogP contribution in [0.15, 0.2) is 42.5 Å². The molecule has 0 atom stereocenters. The summed E-state index contributed by atoms with van der Waals surface area (Å²) in [4.78, 5) is 12.9. The molecule has 0 aliphatic rings. The van der Waals surface area contributed by atoms with Gasteiger partial charge in [0.25, 0.3) is 5.91 Å². The van der Waals surface area contributed by atoms with E-state index in [0.717, 1.165) is 28.2 Å². The Bertz CT molecular complexity index is 878. The van der Waals surface area contributed by atoms with Crippen LogP contribution in [-0.4, -0.2) is 15.5 Å². The second-order valence-corrected chi connectivity index (χ2v) is 6.83. The molecule has 0 bridgehead atoms. The molecule has 0 fully saturated rings. The zero-order valence-corrected chi connectivity index (χ0v) is 15.0. The molecule has 122 valence electrons. The third-order valence-electron chi connectivity index (χ3n) is 3.47. The molecule has 0 unspecified atom stereocenters. The molecule has 0 spiro atoms. The van der Waals surface area contributed by atoms with E-state index < -0.39 is 0 Å². The highest BCUT2D eigenvalue weighted by Crippen LogP contribution is 2.25. The van der Waals surface area contributed by atoms with Crippen LogP contribution in [0.5, 0.6) is 0 Å². The van der Waals surface area contributed by atoms with E-state index in [1.54, 1.807) is 18.2 Å². The van der Waals surface area contributed by atoms with Crippen molar-refractivity contribution in [2.24, 2.45) is 0 Å². The Morgan fingerprint density at radius 1 is 1.17 bits per heavy atom. The lowest BCUT2D eigenvalue weighted by Gasteiger charge is -2.07. The van der Waals surface area contributed by atoms with Gasteiger partial charge in [0.1, 0.15) is 10.6 Å². The number of nitrogens with zero attached hydrogens (tertiary/aromatic N) is 2. The van der Waals surface area contributed by atoms with Crippen molar-refractivity contribution >= 4 is 40.6 Å².